The second-order valence-electron chi connectivity index (χ2n) is 3.83. The van der Waals surface area contributed by atoms with Crippen molar-refractivity contribution in [3.63, 3.8) is 0 Å². The molecule has 0 radical (unpaired) electrons. The highest BCUT2D eigenvalue weighted by Gasteiger charge is 2.48. The lowest BCUT2D eigenvalue weighted by molar-refractivity contribution is -0.0982. The second kappa shape index (κ2) is 3.81. The molecule has 0 atom stereocenters. The number of benzene rings is 1. The number of carbonyl (C=O) groups excluding carboxylic acids is 1. The first-order chi connectivity index (χ1) is 6.98. The Morgan fingerprint density at radius 1 is 1.27 bits per heavy atom. The molecule has 0 N–H and O–H groups in total. The highest BCUT2D eigenvalue weighted by molar-refractivity contribution is 14.1. The lowest BCUT2D eigenvalue weighted by atomic mass is 9.77. The summed E-state index contributed by atoms with van der Waals surface area (Å²) >= 11 is 2.13. The van der Waals surface area contributed by atoms with E-state index in [1.54, 1.807) is 12.1 Å². The third-order valence-electron chi connectivity index (χ3n) is 2.59. The molecule has 1 aliphatic carbocycles. The molecule has 1 saturated carbocycles. The van der Waals surface area contributed by atoms with Gasteiger partial charge in [-0.15, -0.1) is 0 Å². The topological polar surface area (TPSA) is 17.1 Å². The van der Waals surface area contributed by atoms with Crippen LogP contribution in [-0.4, -0.2) is 11.7 Å². The number of alkyl halides is 2. The zero-order valence-corrected chi connectivity index (χ0v) is 10.0. The van der Waals surface area contributed by atoms with Gasteiger partial charge in [0.05, 0.1) is 0 Å². The summed E-state index contributed by atoms with van der Waals surface area (Å²) in [6, 6.07) is 7.01. The van der Waals surface area contributed by atoms with Gasteiger partial charge in [0.2, 0.25) is 5.92 Å². The maximum atomic E-state index is 12.6. The van der Waals surface area contributed by atoms with Gasteiger partial charge in [0, 0.05) is 27.9 Å². The van der Waals surface area contributed by atoms with E-state index < -0.39 is 11.8 Å². The number of hydrogen-bond acceptors (Lipinski definition) is 1. The fourth-order valence-electron chi connectivity index (χ4n) is 1.70. The number of Topliss-reactive ketones (excluding diaryl/α,β-unsaturated/α-hetero) is 1. The van der Waals surface area contributed by atoms with Crippen molar-refractivity contribution in [3.8, 4) is 0 Å². The van der Waals surface area contributed by atoms with Crippen molar-refractivity contribution in [2.75, 3.05) is 0 Å². The third-order valence-corrected chi connectivity index (χ3v) is 3.31. The van der Waals surface area contributed by atoms with Crippen molar-refractivity contribution < 1.29 is 13.6 Å². The lowest BCUT2D eigenvalue weighted by Gasteiger charge is -2.33. The molecule has 1 aromatic rings. The van der Waals surface area contributed by atoms with Gasteiger partial charge in [0.1, 0.15) is 0 Å². The Labute approximate surface area is 100 Å². The molecule has 4 heteroatoms. The van der Waals surface area contributed by atoms with Crippen LogP contribution in [0.1, 0.15) is 23.2 Å². The van der Waals surface area contributed by atoms with E-state index in [4.69, 9.17) is 0 Å². The molecule has 0 aliphatic heterocycles. The molecule has 80 valence electrons. The van der Waals surface area contributed by atoms with E-state index in [1.807, 2.05) is 12.1 Å². The van der Waals surface area contributed by atoms with Crippen molar-refractivity contribution in [1.29, 1.82) is 0 Å². The van der Waals surface area contributed by atoms with Gasteiger partial charge >= 0.3 is 0 Å². The van der Waals surface area contributed by atoms with Crippen LogP contribution < -0.4 is 0 Å². The van der Waals surface area contributed by atoms with E-state index >= 15 is 0 Å². The standard InChI is InChI=1S/C11H9F2IO/c12-11(13)5-8(6-11)10(15)7-1-3-9(14)4-2-7/h1-4,8H,5-6H2. The minimum atomic E-state index is -2.62. The number of ketones is 1. The summed E-state index contributed by atoms with van der Waals surface area (Å²) < 4.78 is 26.2. The molecule has 1 aromatic carbocycles. The summed E-state index contributed by atoms with van der Waals surface area (Å²) in [5.74, 6) is -3.26. The van der Waals surface area contributed by atoms with Crippen molar-refractivity contribution in [2.45, 2.75) is 18.8 Å². The highest BCUT2D eigenvalue weighted by atomic mass is 127. The van der Waals surface area contributed by atoms with Crippen LogP contribution in [0.15, 0.2) is 24.3 Å². The van der Waals surface area contributed by atoms with Crippen molar-refractivity contribution >= 4 is 28.4 Å². The van der Waals surface area contributed by atoms with E-state index in [0.717, 1.165) is 3.57 Å². The molecule has 0 saturated heterocycles. The van der Waals surface area contributed by atoms with Crippen LogP contribution in [0, 0.1) is 9.49 Å². The SMILES string of the molecule is O=C(c1ccc(I)cc1)C1CC(F)(F)C1. The van der Waals surface area contributed by atoms with Gasteiger partial charge in [-0.2, -0.15) is 0 Å². The maximum absolute atomic E-state index is 12.6. The Hall–Kier alpha value is -0.520. The Morgan fingerprint density at radius 2 is 1.80 bits per heavy atom. The van der Waals surface area contributed by atoms with E-state index in [0.29, 0.717) is 5.56 Å². The third kappa shape index (κ3) is 2.35. The monoisotopic (exact) mass is 322 g/mol. The molecule has 0 aromatic heterocycles. The number of carbonyl (C=O) groups is 1. The van der Waals surface area contributed by atoms with Gasteiger partial charge in [-0.3, -0.25) is 4.79 Å². The van der Waals surface area contributed by atoms with Crippen LogP contribution in [-0.2, 0) is 0 Å². The average Bonchev–Trinajstić information content (AvgIpc) is 2.14. The summed E-state index contributed by atoms with van der Waals surface area (Å²) in [6.07, 6.45) is -0.588. The molecule has 0 unspecified atom stereocenters. The fraction of sp³-hybridized carbons (Fsp3) is 0.364. The van der Waals surface area contributed by atoms with Crippen LogP contribution in [0.25, 0.3) is 0 Å². The first-order valence-corrected chi connectivity index (χ1v) is 5.73. The number of rotatable bonds is 2. The smallest absolute Gasteiger partial charge is 0.249 e. The normalized spacial score (nSPS) is 19.7. The Balaban J connectivity index is 2.07. The fourth-order valence-corrected chi connectivity index (χ4v) is 2.06. The molecule has 0 spiro atoms. The molecular weight excluding hydrogens is 313 g/mol. The van der Waals surface area contributed by atoms with E-state index in [2.05, 4.69) is 22.6 Å². The largest absolute Gasteiger partial charge is 0.294 e. The van der Waals surface area contributed by atoms with Crippen LogP contribution in [0.4, 0.5) is 8.78 Å². The molecular formula is C11H9F2IO. The van der Waals surface area contributed by atoms with Gasteiger partial charge in [-0.25, -0.2) is 8.78 Å². The zero-order chi connectivity index (χ0) is 11.1. The predicted molar refractivity (Wildman–Crippen MR) is 61.2 cm³/mol. The van der Waals surface area contributed by atoms with Crippen LogP contribution >= 0.6 is 22.6 Å². The number of halogens is 3. The van der Waals surface area contributed by atoms with Gasteiger partial charge in [-0.05, 0) is 34.7 Å². The molecule has 1 aliphatic rings. The minimum Gasteiger partial charge on any atom is -0.294 e. The van der Waals surface area contributed by atoms with Crippen LogP contribution in [0.5, 0.6) is 0 Å². The van der Waals surface area contributed by atoms with Gasteiger partial charge in [-0.1, -0.05) is 12.1 Å². The Bertz CT molecular complexity index is 378. The lowest BCUT2D eigenvalue weighted by Crippen LogP contribution is -2.39. The van der Waals surface area contributed by atoms with Crippen molar-refractivity contribution in [1.82, 2.24) is 0 Å². The van der Waals surface area contributed by atoms with E-state index in [-0.39, 0.29) is 18.6 Å². The van der Waals surface area contributed by atoms with Crippen LogP contribution in [0.2, 0.25) is 0 Å². The summed E-state index contributed by atoms with van der Waals surface area (Å²) in [4.78, 5) is 11.7. The molecule has 0 amide bonds. The van der Waals surface area contributed by atoms with Crippen molar-refractivity contribution in [2.24, 2.45) is 5.92 Å². The summed E-state index contributed by atoms with van der Waals surface area (Å²) in [5.41, 5.74) is 0.538. The molecule has 0 bridgehead atoms. The molecule has 1 fully saturated rings. The molecule has 15 heavy (non-hydrogen) atoms. The second-order valence-corrected chi connectivity index (χ2v) is 5.08. The zero-order valence-electron chi connectivity index (χ0n) is 7.84. The van der Waals surface area contributed by atoms with Crippen LogP contribution in [0.3, 0.4) is 0 Å². The molecule has 2 rings (SSSR count). The summed E-state index contributed by atoms with van der Waals surface area (Å²) in [6.45, 7) is 0. The van der Waals surface area contributed by atoms with E-state index in [1.165, 1.54) is 0 Å². The van der Waals surface area contributed by atoms with Gasteiger partial charge < -0.3 is 0 Å². The average molecular weight is 322 g/mol. The number of hydrogen-bond donors (Lipinski definition) is 0. The quantitative estimate of drug-likeness (QED) is 0.601. The van der Waals surface area contributed by atoms with Gasteiger partial charge in [0.15, 0.2) is 5.78 Å². The Morgan fingerprint density at radius 3 is 2.27 bits per heavy atom. The predicted octanol–water partition coefficient (Wildman–Crippen LogP) is 3.52. The first kappa shape index (κ1) is 11.0. The first-order valence-electron chi connectivity index (χ1n) is 4.65. The van der Waals surface area contributed by atoms with Crippen molar-refractivity contribution in [3.05, 3.63) is 33.4 Å². The minimum absolute atomic E-state index is 0.155. The van der Waals surface area contributed by atoms with E-state index in [9.17, 15) is 13.6 Å². The molecule has 0 heterocycles. The maximum Gasteiger partial charge on any atom is 0.249 e. The Kier molecular flexibility index (Phi) is 2.79. The summed E-state index contributed by atoms with van der Waals surface area (Å²) in [5, 5.41) is 0. The summed E-state index contributed by atoms with van der Waals surface area (Å²) in [7, 11) is 0. The highest BCUT2D eigenvalue weighted by Crippen LogP contribution is 2.43. The van der Waals surface area contributed by atoms with Gasteiger partial charge in [0.25, 0.3) is 0 Å². The molecule has 1 nitrogen and oxygen atoms in total.